The van der Waals surface area contributed by atoms with Crippen LogP contribution in [0.5, 0.6) is 5.75 Å². The zero-order valence-electron chi connectivity index (χ0n) is 12.0. The van der Waals surface area contributed by atoms with E-state index in [2.05, 4.69) is 21.2 Å². The molecule has 1 amide bonds. The summed E-state index contributed by atoms with van der Waals surface area (Å²) in [6.45, 7) is 3.09. The van der Waals surface area contributed by atoms with E-state index in [-0.39, 0.29) is 16.6 Å². The lowest BCUT2D eigenvalue weighted by molar-refractivity contribution is -0.114. The van der Waals surface area contributed by atoms with Crippen LogP contribution in [0.25, 0.3) is 0 Å². The molecule has 0 spiro atoms. The Kier molecular flexibility index (Phi) is 4.87. The number of carbonyl (C=O) groups excluding carboxylic acids is 1. The third kappa shape index (κ3) is 4.08. The molecule has 1 N–H and O–H groups in total. The number of anilines is 1. The molecular weight excluding hydrogens is 370 g/mol. The van der Waals surface area contributed by atoms with Gasteiger partial charge in [-0.15, -0.1) is 0 Å². The van der Waals surface area contributed by atoms with Gasteiger partial charge in [-0.2, -0.15) is 8.42 Å². The smallest absolute Gasteiger partial charge is 0.339 e. The van der Waals surface area contributed by atoms with Crippen molar-refractivity contribution in [2.75, 3.05) is 5.32 Å². The molecule has 0 aliphatic heterocycles. The maximum absolute atomic E-state index is 12.3. The van der Waals surface area contributed by atoms with Crippen molar-refractivity contribution < 1.29 is 17.4 Å². The second-order valence-corrected chi connectivity index (χ2v) is 7.08. The first-order valence-electron chi connectivity index (χ1n) is 6.36. The number of nitrogens with one attached hydrogen (secondary N) is 1. The maximum Gasteiger partial charge on any atom is 0.339 e. The summed E-state index contributed by atoms with van der Waals surface area (Å²) in [4.78, 5) is 11.0. The minimum Gasteiger partial charge on any atom is -0.379 e. The fourth-order valence-electron chi connectivity index (χ4n) is 1.81. The van der Waals surface area contributed by atoms with Gasteiger partial charge in [0.05, 0.1) is 0 Å². The van der Waals surface area contributed by atoms with E-state index in [9.17, 15) is 13.2 Å². The molecule has 0 bridgehead atoms. The average molecular weight is 384 g/mol. The van der Waals surface area contributed by atoms with Crippen LogP contribution in [0.3, 0.4) is 0 Å². The fraction of sp³-hybridized carbons (Fsp3) is 0.133. The van der Waals surface area contributed by atoms with Crippen LogP contribution in [0.4, 0.5) is 5.69 Å². The lowest BCUT2D eigenvalue weighted by atomic mass is 10.2. The average Bonchev–Trinajstić information content (AvgIpc) is 2.43. The molecule has 0 aliphatic carbocycles. The highest BCUT2D eigenvalue weighted by Crippen LogP contribution is 2.25. The van der Waals surface area contributed by atoms with E-state index in [1.54, 1.807) is 31.2 Å². The Balaban J connectivity index is 2.25. The first kappa shape index (κ1) is 16.5. The molecule has 7 heteroatoms. The minimum absolute atomic E-state index is 0.104. The highest BCUT2D eigenvalue weighted by Gasteiger charge is 2.19. The molecule has 0 fully saturated rings. The van der Waals surface area contributed by atoms with Crippen molar-refractivity contribution in [2.24, 2.45) is 0 Å². The number of hydrogen-bond acceptors (Lipinski definition) is 4. The predicted octanol–water partition coefficient (Wildman–Crippen LogP) is 3.48. The van der Waals surface area contributed by atoms with Crippen molar-refractivity contribution in [1.29, 1.82) is 0 Å². The van der Waals surface area contributed by atoms with Crippen LogP contribution in [-0.2, 0) is 14.9 Å². The van der Waals surface area contributed by atoms with E-state index in [0.717, 1.165) is 0 Å². The fourth-order valence-corrected chi connectivity index (χ4v) is 3.51. The first-order chi connectivity index (χ1) is 10.3. The molecule has 0 aliphatic rings. The van der Waals surface area contributed by atoms with E-state index in [4.69, 9.17) is 4.18 Å². The summed E-state index contributed by atoms with van der Waals surface area (Å²) < 4.78 is 30.4. The minimum atomic E-state index is -3.92. The van der Waals surface area contributed by atoms with Crippen molar-refractivity contribution in [3.63, 3.8) is 0 Å². The number of carbonyl (C=O) groups is 1. The summed E-state index contributed by atoms with van der Waals surface area (Å²) in [5.74, 6) is -0.0282. The first-order valence-corrected chi connectivity index (χ1v) is 8.56. The quantitative estimate of drug-likeness (QED) is 0.820. The number of aryl methyl sites for hydroxylation is 1. The van der Waals surface area contributed by atoms with Crippen LogP contribution in [-0.4, -0.2) is 14.3 Å². The molecule has 22 heavy (non-hydrogen) atoms. The Hall–Kier alpha value is -1.86. The van der Waals surface area contributed by atoms with E-state index in [1.165, 1.54) is 25.1 Å². The Bertz CT molecular complexity index is 801. The lowest BCUT2D eigenvalue weighted by Gasteiger charge is -2.10. The van der Waals surface area contributed by atoms with Crippen LogP contribution in [0.1, 0.15) is 12.5 Å². The lowest BCUT2D eigenvalue weighted by Crippen LogP contribution is -2.11. The third-order valence-corrected chi connectivity index (χ3v) is 4.68. The molecule has 0 saturated heterocycles. The largest absolute Gasteiger partial charge is 0.379 e. The molecule has 0 heterocycles. The summed E-state index contributed by atoms with van der Waals surface area (Å²) in [6.07, 6.45) is 0. The van der Waals surface area contributed by atoms with Crippen molar-refractivity contribution in [3.05, 3.63) is 52.5 Å². The Morgan fingerprint density at radius 3 is 2.36 bits per heavy atom. The van der Waals surface area contributed by atoms with E-state index < -0.39 is 10.1 Å². The molecule has 2 rings (SSSR count). The molecule has 5 nitrogen and oxygen atoms in total. The van der Waals surface area contributed by atoms with Gasteiger partial charge in [0.1, 0.15) is 10.6 Å². The van der Waals surface area contributed by atoms with Gasteiger partial charge in [0, 0.05) is 17.1 Å². The molecule has 116 valence electrons. The molecule has 0 radical (unpaired) electrons. The van der Waals surface area contributed by atoms with Gasteiger partial charge in [-0.25, -0.2) is 0 Å². The normalized spacial score (nSPS) is 11.0. The molecular formula is C15H14BrNO4S. The number of amides is 1. The number of rotatable bonds is 4. The topological polar surface area (TPSA) is 72.5 Å². The Morgan fingerprint density at radius 1 is 1.14 bits per heavy atom. The highest BCUT2D eigenvalue weighted by atomic mass is 79.9. The van der Waals surface area contributed by atoms with Crippen LogP contribution in [0.2, 0.25) is 0 Å². The second-order valence-electron chi connectivity index (χ2n) is 4.65. The van der Waals surface area contributed by atoms with Gasteiger partial charge in [-0.1, -0.05) is 22.0 Å². The van der Waals surface area contributed by atoms with Gasteiger partial charge in [0.15, 0.2) is 0 Å². The Labute approximate surface area is 137 Å². The van der Waals surface area contributed by atoms with Gasteiger partial charge in [0.25, 0.3) is 0 Å². The van der Waals surface area contributed by atoms with E-state index >= 15 is 0 Å². The van der Waals surface area contributed by atoms with Crippen molar-refractivity contribution in [2.45, 2.75) is 18.7 Å². The Morgan fingerprint density at radius 2 is 1.77 bits per heavy atom. The van der Waals surface area contributed by atoms with E-state index in [1.807, 2.05) is 0 Å². The van der Waals surface area contributed by atoms with E-state index in [0.29, 0.717) is 15.7 Å². The van der Waals surface area contributed by atoms with Gasteiger partial charge >= 0.3 is 10.1 Å². The SMILES string of the molecule is CC(=O)Nc1ccc(OS(=O)(=O)c2cc(Br)ccc2C)cc1. The van der Waals surface area contributed by atoms with Gasteiger partial charge in [0.2, 0.25) is 5.91 Å². The molecule has 0 unspecified atom stereocenters. The third-order valence-electron chi connectivity index (χ3n) is 2.80. The molecule has 2 aromatic rings. The summed E-state index contributed by atoms with van der Waals surface area (Å²) in [6, 6.07) is 11.1. The standard InChI is InChI=1S/C15H14BrNO4S/c1-10-3-4-12(16)9-15(10)22(19,20)21-14-7-5-13(6-8-14)17-11(2)18/h3-9H,1-2H3,(H,17,18). The maximum atomic E-state index is 12.3. The number of hydrogen-bond donors (Lipinski definition) is 1. The molecule has 2 aromatic carbocycles. The van der Waals surface area contributed by atoms with Crippen LogP contribution >= 0.6 is 15.9 Å². The summed E-state index contributed by atoms with van der Waals surface area (Å²) >= 11 is 3.25. The van der Waals surface area contributed by atoms with Crippen molar-refractivity contribution in [3.8, 4) is 5.75 Å². The molecule has 0 saturated carbocycles. The monoisotopic (exact) mass is 383 g/mol. The summed E-state index contributed by atoms with van der Waals surface area (Å²) in [5.41, 5.74) is 1.16. The highest BCUT2D eigenvalue weighted by molar-refractivity contribution is 9.10. The number of halogens is 1. The molecule has 0 atom stereocenters. The van der Waals surface area contributed by atoms with Crippen LogP contribution < -0.4 is 9.50 Å². The van der Waals surface area contributed by atoms with Gasteiger partial charge in [-0.05, 0) is 48.9 Å². The number of benzene rings is 2. The summed E-state index contributed by atoms with van der Waals surface area (Å²) in [5, 5.41) is 2.59. The van der Waals surface area contributed by atoms with Crippen molar-refractivity contribution >= 4 is 37.6 Å². The van der Waals surface area contributed by atoms with Crippen LogP contribution in [0.15, 0.2) is 51.8 Å². The molecule has 0 aromatic heterocycles. The summed E-state index contributed by atoms with van der Waals surface area (Å²) in [7, 11) is -3.92. The zero-order chi connectivity index (χ0) is 16.3. The predicted molar refractivity (Wildman–Crippen MR) is 87.4 cm³/mol. The van der Waals surface area contributed by atoms with Crippen molar-refractivity contribution in [1.82, 2.24) is 0 Å². The zero-order valence-corrected chi connectivity index (χ0v) is 14.4. The van der Waals surface area contributed by atoms with Gasteiger partial charge in [-0.3, -0.25) is 4.79 Å². The second kappa shape index (κ2) is 6.50. The van der Waals surface area contributed by atoms with Gasteiger partial charge < -0.3 is 9.50 Å². The van der Waals surface area contributed by atoms with Crippen LogP contribution in [0, 0.1) is 6.92 Å².